The van der Waals surface area contributed by atoms with Gasteiger partial charge < -0.3 is 25.3 Å². The summed E-state index contributed by atoms with van der Waals surface area (Å²) in [4.78, 5) is 48.7. The summed E-state index contributed by atoms with van der Waals surface area (Å²) < 4.78 is 0. The Morgan fingerprint density at radius 1 is 0.660 bits per heavy atom. The summed E-state index contributed by atoms with van der Waals surface area (Å²) in [6, 6.07) is 8.19. The van der Waals surface area contributed by atoms with Crippen molar-refractivity contribution in [3.8, 4) is 0 Å². The number of nitrogens with zero attached hydrogens (tertiary/aromatic N) is 2. The lowest BCUT2D eigenvalue weighted by molar-refractivity contribution is -0.137. The molecule has 0 spiro atoms. The molecule has 252 valence electrons. The van der Waals surface area contributed by atoms with Gasteiger partial charge in [-0.1, -0.05) is 13.8 Å². The maximum atomic E-state index is 11.5. The van der Waals surface area contributed by atoms with Gasteiger partial charge in [-0.05, 0) is 122 Å². The summed E-state index contributed by atoms with van der Waals surface area (Å²) in [6.45, 7) is 12.3. The number of halogens is 2. The molecule has 12 heteroatoms. The van der Waals surface area contributed by atoms with Gasteiger partial charge in [0.2, 0.25) is 0 Å². The molecule has 2 aliphatic rings. The Bertz CT molecular complexity index is 1920. The predicted octanol–water partition coefficient (Wildman–Crippen LogP) is 8.19. The van der Waals surface area contributed by atoms with E-state index in [-0.39, 0.29) is 44.1 Å². The normalized spacial score (nSPS) is 12.1. The van der Waals surface area contributed by atoms with Crippen molar-refractivity contribution in [2.24, 2.45) is 0 Å². The van der Waals surface area contributed by atoms with E-state index in [2.05, 4.69) is 49.8 Å². The van der Waals surface area contributed by atoms with Crippen molar-refractivity contribution in [3.63, 3.8) is 0 Å². The van der Waals surface area contributed by atoms with Crippen LogP contribution in [0, 0.1) is 13.8 Å². The highest BCUT2D eigenvalue weighted by Crippen LogP contribution is 2.36. The molecule has 5 heterocycles. The highest BCUT2D eigenvalue weighted by Gasteiger charge is 2.21. The van der Waals surface area contributed by atoms with Crippen molar-refractivity contribution < 1.29 is 29.7 Å². The number of aromatic nitrogens is 4. The molecule has 0 radical (unpaired) electrons. The van der Waals surface area contributed by atoms with Crippen LogP contribution in [0.5, 0.6) is 0 Å². The molecule has 0 amide bonds. The zero-order valence-electron chi connectivity index (χ0n) is 27.4. The maximum Gasteiger partial charge on any atom is 0.303 e. The van der Waals surface area contributed by atoms with Crippen LogP contribution in [-0.2, 0) is 27.2 Å². The van der Waals surface area contributed by atoms with Crippen molar-refractivity contribution in [2.75, 3.05) is 0 Å². The van der Waals surface area contributed by atoms with Crippen molar-refractivity contribution in [1.82, 2.24) is 19.9 Å². The smallest absolute Gasteiger partial charge is 0.303 e. The standard InChI is InChI=1S/C34H38N4O4.CH2O2.2ClH/c1-7-21-17(3)25-13-26-19(5)23(9-11-33(39)40)31(37-26)16-32-24(10-12-34(41)42)20(6)28(38-32)15-30-22(8-2)18(4)27(36-30)14-29(21)35-25;2-1-3;;/h13-16,35,38H,7-12H2,1-6H3,(H,39,40)(H,41,42);1H,(H,2,3);2*1H. The van der Waals surface area contributed by atoms with Gasteiger partial charge in [-0.25, -0.2) is 9.97 Å². The second-order valence-electron chi connectivity index (χ2n) is 11.3. The number of allylic oxidation sites excluding steroid dienone is 4. The third-order valence-corrected chi connectivity index (χ3v) is 8.69. The van der Waals surface area contributed by atoms with Crippen LogP contribution in [0.25, 0.3) is 44.4 Å². The Hall–Kier alpha value is -4.41. The molecule has 8 bridgehead atoms. The van der Waals surface area contributed by atoms with Crippen LogP contribution < -0.4 is 0 Å². The summed E-state index contributed by atoms with van der Waals surface area (Å²) in [5.41, 5.74) is 15.4. The largest absolute Gasteiger partial charge is 0.483 e. The molecule has 2 aliphatic heterocycles. The molecule has 0 fully saturated rings. The van der Waals surface area contributed by atoms with Crippen LogP contribution in [0.2, 0.25) is 0 Å². The predicted molar refractivity (Wildman–Crippen MR) is 191 cm³/mol. The van der Waals surface area contributed by atoms with Crippen molar-refractivity contribution in [1.29, 1.82) is 0 Å². The first kappa shape index (κ1) is 38.8. The van der Waals surface area contributed by atoms with E-state index in [9.17, 15) is 19.8 Å². The number of hydrogen-bond donors (Lipinski definition) is 5. The minimum Gasteiger partial charge on any atom is -0.483 e. The molecule has 0 aliphatic carbocycles. The number of rotatable bonds is 8. The average molecular weight is 686 g/mol. The van der Waals surface area contributed by atoms with Gasteiger partial charge in [0, 0.05) is 34.9 Å². The quantitative estimate of drug-likeness (QED) is 0.148. The number of fused-ring (bicyclic) bond motifs is 8. The highest BCUT2D eigenvalue weighted by atomic mass is 35.5. The second-order valence-corrected chi connectivity index (χ2v) is 11.3. The first-order chi connectivity index (χ1) is 21.4. The summed E-state index contributed by atoms with van der Waals surface area (Å²) in [7, 11) is 0. The third-order valence-electron chi connectivity index (χ3n) is 8.69. The molecule has 10 nitrogen and oxygen atoms in total. The lowest BCUT2D eigenvalue weighted by Crippen LogP contribution is -1.98. The van der Waals surface area contributed by atoms with Crippen LogP contribution in [-0.4, -0.2) is 53.7 Å². The van der Waals surface area contributed by atoms with Gasteiger partial charge in [0.15, 0.2) is 0 Å². The Labute approximate surface area is 285 Å². The molecule has 0 saturated heterocycles. The number of H-pyrrole nitrogens is 2. The van der Waals surface area contributed by atoms with Crippen molar-refractivity contribution >= 4 is 87.6 Å². The van der Waals surface area contributed by atoms with Crippen LogP contribution in [0.1, 0.15) is 98.4 Å². The van der Waals surface area contributed by atoms with Crippen LogP contribution in [0.4, 0.5) is 0 Å². The van der Waals surface area contributed by atoms with Gasteiger partial charge in [-0.3, -0.25) is 14.4 Å². The summed E-state index contributed by atoms with van der Waals surface area (Å²) in [5.74, 6) is -1.72. The van der Waals surface area contributed by atoms with Gasteiger partial charge in [0.25, 0.3) is 6.47 Å². The number of carboxylic acid groups (broad SMARTS) is 3. The van der Waals surface area contributed by atoms with E-state index in [1.54, 1.807) is 0 Å². The van der Waals surface area contributed by atoms with Crippen LogP contribution in [0.3, 0.4) is 0 Å². The number of carboxylic acids is 2. The fraction of sp³-hybridized carbons (Fsp3) is 0.343. The fourth-order valence-corrected chi connectivity index (χ4v) is 6.22. The average Bonchev–Trinajstić information content (AvgIpc) is 3.64. The zero-order chi connectivity index (χ0) is 33.0. The molecule has 0 atom stereocenters. The van der Waals surface area contributed by atoms with E-state index >= 15 is 0 Å². The Morgan fingerprint density at radius 3 is 1.57 bits per heavy atom. The molecular formula is C35H42Cl2N4O6. The molecule has 0 unspecified atom stereocenters. The van der Waals surface area contributed by atoms with Gasteiger partial charge in [0.1, 0.15) is 0 Å². The molecule has 5 rings (SSSR count). The summed E-state index contributed by atoms with van der Waals surface area (Å²) >= 11 is 0. The molecule has 0 saturated carbocycles. The highest BCUT2D eigenvalue weighted by molar-refractivity contribution is 5.95. The lowest BCUT2D eigenvalue weighted by Gasteiger charge is -2.03. The van der Waals surface area contributed by atoms with E-state index in [4.69, 9.17) is 19.9 Å². The minimum absolute atomic E-state index is 0. The zero-order valence-corrected chi connectivity index (χ0v) is 29.0. The monoisotopic (exact) mass is 684 g/mol. The number of carbonyl (C=O) groups is 3. The van der Waals surface area contributed by atoms with Crippen molar-refractivity contribution in [2.45, 2.75) is 80.1 Å². The Balaban J connectivity index is 0.00000148. The number of hydrogen-bond acceptors (Lipinski definition) is 5. The molecule has 3 aromatic heterocycles. The second kappa shape index (κ2) is 16.4. The molecule has 5 N–H and O–H groups in total. The SMILES string of the molecule is CCC1=C(C)c2cc3[nH]c(cc4nc(cc5[nH]c(cc1n2)c(C)c5CCC(=O)O)C(CCC(=O)O)=C4C)c(C)c3CC.Cl.Cl.O=CO. The Morgan fingerprint density at radius 2 is 1.06 bits per heavy atom. The van der Waals surface area contributed by atoms with Gasteiger partial charge in [-0.15, -0.1) is 24.8 Å². The number of aryl methyl sites for hydroxylation is 4. The van der Waals surface area contributed by atoms with E-state index in [0.29, 0.717) is 18.5 Å². The fourth-order valence-electron chi connectivity index (χ4n) is 6.22. The molecule has 3 aromatic rings. The van der Waals surface area contributed by atoms with E-state index in [0.717, 1.165) is 85.4 Å². The summed E-state index contributed by atoms with van der Waals surface area (Å²) in [5, 5.41) is 25.8. The number of nitrogens with one attached hydrogen (secondary N) is 2. The van der Waals surface area contributed by atoms with Gasteiger partial charge >= 0.3 is 11.9 Å². The number of aromatic amines is 2. The van der Waals surface area contributed by atoms with Gasteiger partial charge in [-0.2, -0.15) is 0 Å². The lowest BCUT2D eigenvalue weighted by atomic mass is 10.00. The van der Waals surface area contributed by atoms with Crippen molar-refractivity contribution in [3.05, 3.63) is 69.3 Å². The molecule has 0 aromatic carbocycles. The van der Waals surface area contributed by atoms with E-state index in [1.165, 1.54) is 11.1 Å². The van der Waals surface area contributed by atoms with E-state index in [1.807, 2.05) is 26.0 Å². The Kier molecular flexibility index (Phi) is 13.5. The van der Waals surface area contributed by atoms with Crippen LogP contribution in [0.15, 0.2) is 24.3 Å². The minimum atomic E-state index is -0.864. The summed E-state index contributed by atoms with van der Waals surface area (Å²) in [6.07, 6.45) is 2.39. The topological polar surface area (TPSA) is 169 Å². The molecular weight excluding hydrogens is 643 g/mol. The maximum absolute atomic E-state index is 11.5. The first-order valence-corrected chi connectivity index (χ1v) is 15.1. The van der Waals surface area contributed by atoms with Gasteiger partial charge in [0.05, 0.1) is 22.8 Å². The first-order valence-electron chi connectivity index (χ1n) is 15.1. The van der Waals surface area contributed by atoms with Crippen LogP contribution >= 0.6 is 24.8 Å². The number of aliphatic carboxylic acids is 2. The third kappa shape index (κ3) is 8.12. The molecule has 47 heavy (non-hydrogen) atoms. The van der Waals surface area contributed by atoms with E-state index < -0.39 is 11.9 Å².